The maximum absolute atomic E-state index is 10.8. The molecular weight excluding hydrogens is 321 g/mol. The van der Waals surface area contributed by atoms with Crippen LogP contribution in [0.1, 0.15) is 0 Å². The Morgan fingerprint density at radius 1 is 0.786 bits per heavy atom. The van der Waals surface area contributed by atoms with E-state index in [1.807, 2.05) is 0 Å². The molecule has 0 radical (unpaired) electrons. The molecule has 0 aliphatic carbocycles. The number of ether oxygens (including phenoxy) is 2. The summed E-state index contributed by atoms with van der Waals surface area (Å²) in [5, 5.41) is 0. The molecule has 9 heteroatoms. The Kier molecular flexibility index (Phi) is 7.84. The average molecular weight is 325 g/mol. The van der Waals surface area contributed by atoms with Gasteiger partial charge in [0, 0.05) is 0 Å². The van der Waals surface area contributed by atoms with Crippen molar-refractivity contribution in [3.8, 4) is 0 Å². The predicted molar refractivity (Wildman–Crippen MR) is 57.8 cm³/mol. The van der Waals surface area contributed by atoms with Crippen LogP contribution in [0.3, 0.4) is 0 Å². The number of alkyl halides is 6. The van der Waals surface area contributed by atoms with Crippen LogP contribution in [0, 0.1) is 0 Å². The van der Waals surface area contributed by atoms with Crippen LogP contribution in [0.2, 0.25) is 0 Å². The second kappa shape index (κ2) is 7.31. The zero-order valence-electron chi connectivity index (χ0n) is 6.30. The van der Waals surface area contributed by atoms with Crippen LogP contribution in [-0.2, 0) is 9.47 Å². The molecule has 2 unspecified atom stereocenters. The molecule has 0 heterocycles. The molecule has 0 aromatic rings. The summed E-state index contributed by atoms with van der Waals surface area (Å²) >= 11 is 31.9. The summed E-state index contributed by atoms with van der Waals surface area (Å²) in [7, 11) is 0. The second-order valence-electron chi connectivity index (χ2n) is 1.86. The highest BCUT2D eigenvalue weighted by Crippen LogP contribution is 2.19. The van der Waals surface area contributed by atoms with Crippen molar-refractivity contribution in [3.05, 3.63) is 0 Å². The van der Waals surface area contributed by atoms with E-state index in [1.54, 1.807) is 0 Å². The minimum atomic E-state index is -1.24. The van der Waals surface area contributed by atoms with Crippen molar-refractivity contribution >= 4 is 75.8 Å². The molecule has 0 saturated heterocycles. The van der Waals surface area contributed by atoms with Gasteiger partial charge in [0.2, 0.25) is 11.1 Å². The van der Waals surface area contributed by atoms with Crippen molar-refractivity contribution < 1.29 is 14.3 Å². The van der Waals surface area contributed by atoms with Gasteiger partial charge >= 0.3 is 6.16 Å². The lowest BCUT2D eigenvalue weighted by Gasteiger charge is -2.14. The van der Waals surface area contributed by atoms with Crippen LogP contribution in [0.15, 0.2) is 0 Å². The highest BCUT2D eigenvalue weighted by atomic mass is 35.5. The number of carbonyl (C=O) groups excluding carboxylic acids is 1. The largest absolute Gasteiger partial charge is 0.511 e. The molecule has 84 valence electrons. The molecule has 0 saturated carbocycles. The molecule has 0 N–H and O–H groups in total. The van der Waals surface area contributed by atoms with Gasteiger partial charge in [0.05, 0.1) is 0 Å². The van der Waals surface area contributed by atoms with Crippen molar-refractivity contribution in [1.29, 1.82) is 0 Å². The predicted octanol–water partition coefficient (Wildman–Crippen LogP) is 3.88. The molecule has 0 aliphatic rings. The summed E-state index contributed by atoms with van der Waals surface area (Å²) in [6.07, 6.45) is -1.16. The summed E-state index contributed by atoms with van der Waals surface area (Å²) in [5.41, 5.74) is -2.47. The normalized spacial score (nSPS) is 15.4. The van der Waals surface area contributed by atoms with E-state index in [0.29, 0.717) is 0 Å². The SMILES string of the molecule is O=C(OC(Cl)C(Cl)Cl)OC(Cl)C(Cl)Cl. The molecule has 14 heavy (non-hydrogen) atoms. The Labute approximate surface area is 110 Å². The smallest absolute Gasteiger partial charge is 0.412 e. The van der Waals surface area contributed by atoms with E-state index >= 15 is 0 Å². The average Bonchev–Trinajstić information content (AvgIpc) is 2.03. The second-order valence-corrected chi connectivity index (χ2v) is 5.04. The molecule has 2 atom stereocenters. The Morgan fingerprint density at radius 2 is 1.07 bits per heavy atom. The minimum absolute atomic E-state index is 1.08. The minimum Gasteiger partial charge on any atom is -0.412 e. The van der Waals surface area contributed by atoms with Crippen LogP contribution >= 0.6 is 69.6 Å². The van der Waals surface area contributed by atoms with Crippen LogP contribution in [0.5, 0.6) is 0 Å². The summed E-state index contributed by atoms with van der Waals surface area (Å²) in [6.45, 7) is 0. The number of rotatable bonds is 4. The van der Waals surface area contributed by atoms with Crippen LogP contribution in [0.4, 0.5) is 4.79 Å². The number of halogens is 6. The van der Waals surface area contributed by atoms with Crippen LogP contribution in [0.25, 0.3) is 0 Å². The Balaban J connectivity index is 3.87. The van der Waals surface area contributed by atoms with Gasteiger partial charge in [-0.1, -0.05) is 69.6 Å². The molecule has 0 aromatic carbocycles. The van der Waals surface area contributed by atoms with Crippen molar-refractivity contribution in [2.45, 2.75) is 20.8 Å². The fourth-order valence-corrected chi connectivity index (χ4v) is 0.666. The molecule has 3 nitrogen and oxygen atoms in total. The van der Waals surface area contributed by atoms with Crippen molar-refractivity contribution in [2.75, 3.05) is 0 Å². The molecular formula is C5H4Cl6O3. The number of hydrogen-bond donors (Lipinski definition) is 0. The van der Waals surface area contributed by atoms with Gasteiger partial charge < -0.3 is 9.47 Å². The zero-order valence-corrected chi connectivity index (χ0v) is 10.8. The lowest BCUT2D eigenvalue weighted by molar-refractivity contribution is 0.0421. The first kappa shape index (κ1) is 15.0. The van der Waals surface area contributed by atoms with Crippen molar-refractivity contribution in [2.24, 2.45) is 0 Å². The van der Waals surface area contributed by atoms with E-state index in [0.717, 1.165) is 0 Å². The summed E-state index contributed by atoms with van der Waals surface area (Å²) < 4.78 is 8.74. The third-order valence-electron chi connectivity index (χ3n) is 0.814. The first-order valence-electron chi connectivity index (χ1n) is 3.06. The topological polar surface area (TPSA) is 35.5 Å². The molecule has 0 fully saturated rings. The summed E-state index contributed by atoms with van der Waals surface area (Å²) in [6, 6.07) is 0. The van der Waals surface area contributed by atoms with E-state index < -0.39 is 27.0 Å². The van der Waals surface area contributed by atoms with E-state index in [-0.39, 0.29) is 0 Å². The van der Waals surface area contributed by atoms with Gasteiger partial charge in [0.25, 0.3) is 0 Å². The molecule has 0 aliphatic heterocycles. The fraction of sp³-hybridized carbons (Fsp3) is 0.800. The Morgan fingerprint density at radius 3 is 1.29 bits per heavy atom. The van der Waals surface area contributed by atoms with Gasteiger partial charge in [-0.2, -0.15) is 0 Å². The van der Waals surface area contributed by atoms with Gasteiger partial charge in [-0.05, 0) is 0 Å². The van der Waals surface area contributed by atoms with Crippen LogP contribution < -0.4 is 0 Å². The maximum atomic E-state index is 10.8. The molecule has 0 aromatic heterocycles. The van der Waals surface area contributed by atoms with E-state index in [2.05, 4.69) is 9.47 Å². The van der Waals surface area contributed by atoms with Gasteiger partial charge in [0.1, 0.15) is 0 Å². The van der Waals surface area contributed by atoms with Gasteiger partial charge in [-0.25, -0.2) is 4.79 Å². The molecule has 0 rings (SSSR count). The van der Waals surface area contributed by atoms with Crippen LogP contribution in [-0.4, -0.2) is 27.0 Å². The Bertz CT molecular complexity index is 168. The van der Waals surface area contributed by atoms with Crippen molar-refractivity contribution in [1.82, 2.24) is 0 Å². The maximum Gasteiger partial charge on any atom is 0.511 e. The van der Waals surface area contributed by atoms with E-state index in [4.69, 9.17) is 69.6 Å². The van der Waals surface area contributed by atoms with Gasteiger partial charge in [0.15, 0.2) is 9.67 Å². The first-order chi connectivity index (χ1) is 6.34. The van der Waals surface area contributed by atoms with Gasteiger partial charge in [-0.15, -0.1) is 0 Å². The third kappa shape index (κ3) is 6.49. The highest BCUT2D eigenvalue weighted by molar-refractivity contribution is 6.48. The summed E-state index contributed by atoms with van der Waals surface area (Å²) in [5.74, 6) is 0. The lowest BCUT2D eigenvalue weighted by atomic mass is 10.8. The fourth-order valence-electron chi connectivity index (χ4n) is 0.314. The standard InChI is InChI=1S/C5H4Cl6O3/c6-1(7)3(10)13-5(12)14-4(11)2(8)9/h1-4H. The number of hydrogen-bond acceptors (Lipinski definition) is 3. The zero-order chi connectivity index (χ0) is 11.3. The highest BCUT2D eigenvalue weighted by Gasteiger charge is 2.24. The van der Waals surface area contributed by atoms with Crippen molar-refractivity contribution in [3.63, 3.8) is 0 Å². The summed E-state index contributed by atoms with van der Waals surface area (Å²) in [4.78, 5) is 8.66. The molecule has 0 amide bonds. The molecule has 0 spiro atoms. The van der Waals surface area contributed by atoms with Gasteiger partial charge in [-0.3, -0.25) is 0 Å². The lowest BCUT2D eigenvalue weighted by Crippen LogP contribution is -2.24. The number of carbonyl (C=O) groups is 1. The third-order valence-corrected chi connectivity index (χ3v) is 2.93. The van der Waals surface area contributed by atoms with E-state index in [1.165, 1.54) is 0 Å². The monoisotopic (exact) mass is 322 g/mol. The Hall–Kier alpha value is 1.01. The van der Waals surface area contributed by atoms with E-state index in [9.17, 15) is 4.79 Å². The quantitative estimate of drug-likeness (QED) is 0.581. The first-order valence-corrected chi connectivity index (χ1v) is 5.68. The molecule has 0 bridgehead atoms.